The monoisotopic (exact) mass is 263 g/mol. The number of hydrogen-bond donors (Lipinski definition) is 1. The summed E-state index contributed by atoms with van der Waals surface area (Å²) < 4.78 is 13.6. The number of benzene rings is 1. The molecule has 1 aliphatic rings. The van der Waals surface area contributed by atoms with Gasteiger partial charge in [-0.15, -0.1) is 0 Å². The fraction of sp³-hybridized carbons (Fsp3) is 0.273. The molecule has 1 unspecified atom stereocenters. The van der Waals surface area contributed by atoms with E-state index in [0.717, 1.165) is 0 Å². The van der Waals surface area contributed by atoms with Crippen LogP contribution in [-0.2, 0) is 9.63 Å². The summed E-state index contributed by atoms with van der Waals surface area (Å²) in [7, 11) is 0. The van der Waals surface area contributed by atoms with E-state index in [1.54, 1.807) is 6.07 Å². The van der Waals surface area contributed by atoms with Crippen molar-refractivity contribution in [1.29, 1.82) is 0 Å². The maximum absolute atomic E-state index is 13.6. The second kappa shape index (κ2) is 5.36. The van der Waals surface area contributed by atoms with Gasteiger partial charge in [-0.3, -0.25) is 4.79 Å². The molecule has 19 heavy (non-hydrogen) atoms. The van der Waals surface area contributed by atoms with Gasteiger partial charge in [-0.1, -0.05) is 16.3 Å². The van der Waals surface area contributed by atoms with Gasteiger partial charge in [0.05, 0.1) is 17.8 Å². The molecule has 0 saturated carbocycles. The van der Waals surface area contributed by atoms with Gasteiger partial charge in [0, 0.05) is 17.4 Å². The van der Waals surface area contributed by atoms with Crippen molar-refractivity contribution in [3.8, 4) is 0 Å². The van der Waals surface area contributed by atoms with Crippen molar-refractivity contribution >= 4 is 17.3 Å². The lowest BCUT2D eigenvalue weighted by molar-refractivity contribution is -0.122. The molecule has 1 amide bonds. The van der Waals surface area contributed by atoms with Crippen molar-refractivity contribution in [2.45, 2.75) is 19.6 Å². The Morgan fingerprint density at radius 3 is 3.11 bits per heavy atom. The summed E-state index contributed by atoms with van der Waals surface area (Å²) in [4.78, 5) is 18.4. The zero-order valence-electron chi connectivity index (χ0n) is 10.00. The summed E-state index contributed by atoms with van der Waals surface area (Å²) in [6.45, 7) is 1.37. The molecule has 1 aliphatic heterocycles. The second-order valence-corrected chi connectivity index (χ2v) is 3.89. The predicted octanol–water partition coefficient (Wildman–Crippen LogP) is 2.35. The fourth-order valence-electron chi connectivity index (χ4n) is 1.67. The molecule has 0 spiro atoms. The highest BCUT2D eigenvalue weighted by Gasteiger charge is 2.23. The van der Waals surface area contributed by atoms with E-state index < -0.39 is 12.0 Å². The highest BCUT2D eigenvalue weighted by Crippen LogP contribution is 2.22. The van der Waals surface area contributed by atoms with Crippen molar-refractivity contribution in [2.75, 3.05) is 0 Å². The summed E-state index contributed by atoms with van der Waals surface area (Å²) in [6, 6.07) is 4.15. The molecule has 7 nitrogen and oxygen atoms in total. The molecule has 98 valence electrons. The Kier molecular flexibility index (Phi) is 3.63. The Labute approximate surface area is 107 Å². The second-order valence-electron chi connectivity index (χ2n) is 3.89. The Morgan fingerprint density at radius 1 is 1.68 bits per heavy atom. The number of nitrogens with one attached hydrogen (secondary N) is 1. The molecule has 0 saturated heterocycles. The summed E-state index contributed by atoms with van der Waals surface area (Å²) >= 11 is 0. The van der Waals surface area contributed by atoms with Gasteiger partial charge in [-0.2, -0.15) is 0 Å². The van der Waals surface area contributed by atoms with Crippen molar-refractivity contribution in [3.63, 3.8) is 0 Å². The summed E-state index contributed by atoms with van der Waals surface area (Å²) in [5, 5.41) is 9.55. The van der Waals surface area contributed by atoms with Gasteiger partial charge in [-0.05, 0) is 17.7 Å². The molecule has 1 aromatic carbocycles. The molecule has 1 heterocycles. The van der Waals surface area contributed by atoms with Gasteiger partial charge in [0.1, 0.15) is 5.82 Å². The normalized spacial score (nSPS) is 17.2. The number of hydrogen-bond acceptors (Lipinski definition) is 4. The largest absolute Gasteiger partial charge is 0.370 e. The lowest BCUT2D eigenvalue weighted by Crippen LogP contribution is -2.32. The Morgan fingerprint density at radius 2 is 2.47 bits per heavy atom. The number of rotatable bonds is 3. The van der Waals surface area contributed by atoms with Crippen molar-refractivity contribution in [2.24, 2.45) is 10.3 Å². The van der Waals surface area contributed by atoms with Crippen LogP contribution >= 0.6 is 0 Å². The molecule has 0 aromatic heterocycles. The third-order valence-electron chi connectivity index (χ3n) is 2.47. The van der Waals surface area contributed by atoms with Crippen LogP contribution in [0.3, 0.4) is 0 Å². The Hall–Kier alpha value is -2.60. The average molecular weight is 263 g/mol. The quantitative estimate of drug-likeness (QED) is 0.514. The number of azide groups is 1. The van der Waals surface area contributed by atoms with E-state index in [9.17, 15) is 9.18 Å². The summed E-state index contributed by atoms with van der Waals surface area (Å²) in [5.74, 6) is -0.868. The molecule has 0 bridgehead atoms. The standard InChI is InChI=1S/C11H10FN5O2/c1-6(18)14-11-5-10(16-19-11)7-2-3-9(15-17-13)8(12)4-7/h2-4,11H,5H2,1H3,(H,14,18). The third-order valence-corrected chi connectivity index (χ3v) is 2.47. The van der Waals surface area contributed by atoms with Crippen LogP contribution in [0, 0.1) is 5.82 Å². The molecule has 0 radical (unpaired) electrons. The minimum Gasteiger partial charge on any atom is -0.370 e. The minimum atomic E-state index is -0.638. The van der Waals surface area contributed by atoms with Gasteiger partial charge >= 0.3 is 0 Å². The van der Waals surface area contributed by atoms with Gasteiger partial charge < -0.3 is 10.2 Å². The minimum absolute atomic E-state index is 0.0795. The highest BCUT2D eigenvalue weighted by atomic mass is 19.1. The van der Waals surface area contributed by atoms with E-state index in [2.05, 4.69) is 20.5 Å². The number of oxime groups is 1. The van der Waals surface area contributed by atoms with E-state index in [1.807, 2.05) is 0 Å². The van der Waals surface area contributed by atoms with Gasteiger partial charge in [0.25, 0.3) is 0 Å². The molecule has 0 fully saturated rings. The first kappa shape index (κ1) is 12.8. The zero-order valence-corrected chi connectivity index (χ0v) is 10.00. The highest BCUT2D eigenvalue weighted by molar-refractivity contribution is 6.01. The van der Waals surface area contributed by atoms with Crippen LogP contribution in [0.4, 0.5) is 10.1 Å². The molecule has 1 aromatic rings. The van der Waals surface area contributed by atoms with E-state index in [4.69, 9.17) is 10.4 Å². The van der Waals surface area contributed by atoms with Crippen LogP contribution in [0.25, 0.3) is 10.4 Å². The maximum Gasteiger partial charge on any atom is 0.219 e. The average Bonchev–Trinajstić information content (AvgIpc) is 2.79. The van der Waals surface area contributed by atoms with Gasteiger partial charge in [0.15, 0.2) is 0 Å². The van der Waals surface area contributed by atoms with Crippen LogP contribution in [0.1, 0.15) is 18.9 Å². The summed E-state index contributed by atoms with van der Waals surface area (Å²) in [6.07, 6.45) is -0.188. The van der Waals surface area contributed by atoms with Crippen LogP contribution in [0.15, 0.2) is 28.5 Å². The van der Waals surface area contributed by atoms with Crippen molar-refractivity contribution < 1.29 is 14.0 Å². The van der Waals surface area contributed by atoms with Crippen LogP contribution in [0.5, 0.6) is 0 Å². The molecule has 1 N–H and O–H groups in total. The molecular formula is C11H10FN5O2. The smallest absolute Gasteiger partial charge is 0.219 e. The van der Waals surface area contributed by atoms with E-state index in [0.29, 0.717) is 17.7 Å². The molecule has 8 heteroatoms. The first-order valence-electron chi connectivity index (χ1n) is 5.45. The number of nitrogens with zero attached hydrogens (tertiary/aromatic N) is 4. The lowest BCUT2D eigenvalue weighted by Gasteiger charge is -2.07. The number of halogens is 1. The number of carbonyl (C=O) groups is 1. The topological polar surface area (TPSA) is 99.5 Å². The molecule has 0 aliphatic carbocycles. The van der Waals surface area contributed by atoms with Crippen molar-refractivity contribution in [1.82, 2.24) is 5.32 Å². The van der Waals surface area contributed by atoms with E-state index in [-0.39, 0.29) is 11.6 Å². The number of carbonyl (C=O) groups excluding carboxylic acids is 1. The summed E-state index contributed by atoms with van der Waals surface area (Å²) in [5.41, 5.74) is 9.21. The third kappa shape index (κ3) is 2.99. The van der Waals surface area contributed by atoms with Crippen LogP contribution in [-0.4, -0.2) is 17.8 Å². The van der Waals surface area contributed by atoms with Gasteiger partial charge in [-0.25, -0.2) is 4.39 Å². The fourth-order valence-corrected chi connectivity index (χ4v) is 1.67. The van der Waals surface area contributed by atoms with E-state index in [1.165, 1.54) is 19.1 Å². The maximum atomic E-state index is 13.6. The Balaban J connectivity index is 2.14. The van der Waals surface area contributed by atoms with Gasteiger partial charge in [0.2, 0.25) is 12.1 Å². The van der Waals surface area contributed by atoms with Crippen LogP contribution in [0.2, 0.25) is 0 Å². The van der Waals surface area contributed by atoms with E-state index >= 15 is 0 Å². The first-order chi connectivity index (χ1) is 9.10. The first-order valence-corrected chi connectivity index (χ1v) is 5.45. The number of amides is 1. The Bertz CT molecular complexity index is 595. The lowest BCUT2D eigenvalue weighted by atomic mass is 10.1. The zero-order chi connectivity index (χ0) is 13.8. The SMILES string of the molecule is CC(=O)NC1CC(c2ccc(N=[N+]=[N-])c(F)c2)=NO1. The van der Waals surface area contributed by atoms with Crippen LogP contribution < -0.4 is 5.32 Å². The predicted molar refractivity (Wildman–Crippen MR) is 65.0 cm³/mol. The molecular weight excluding hydrogens is 253 g/mol. The van der Waals surface area contributed by atoms with Crippen molar-refractivity contribution in [3.05, 3.63) is 40.0 Å². The molecule has 1 atom stereocenters. The molecule has 2 rings (SSSR count).